The van der Waals surface area contributed by atoms with Gasteiger partial charge in [0.05, 0.1) is 5.69 Å². The van der Waals surface area contributed by atoms with Crippen LogP contribution >= 0.6 is 12.6 Å². The molecule has 0 fully saturated rings. The lowest BCUT2D eigenvalue weighted by Gasteiger charge is -1.97. The lowest BCUT2D eigenvalue weighted by molar-refractivity contribution is 0.569. The van der Waals surface area contributed by atoms with E-state index >= 15 is 0 Å². The largest absolute Gasteiger partial charge is 0.396 e. The van der Waals surface area contributed by atoms with Gasteiger partial charge < -0.3 is 5.73 Å². The third-order valence-corrected chi connectivity index (χ3v) is 1.41. The summed E-state index contributed by atoms with van der Waals surface area (Å²) in [4.78, 5) is 0.0545. The van der Waals surface area contributed by atoms with Crippen molar-refractivity contribution in [3.63, 3.8) is 0 Å². The van der Waals surface area contributed by atoms with Gasteiger partial charge in [-0.3, -0.25) is 0 Å². The zero-order chi connectivity index (χ0) is 7.72. The van der Waals surface area contributed by atoms with E-state index in [1.807, 2.05) is 0 Å². The lowest BCUT2D eigenvalue weighted by atomic mass is 10.3. The minimum absolute atomic E-state index is 0.0545. The highest BCUT2D eigenvalue weighted by molar-refractivity contribution is 7.80. The molecule has 10 heavy (non-hydrogen) atoms. The molecule has 0 amide bonds. The Hall–Kier alpha value is -0.770. The highest BCUT2D eigenvalue weighted by Crippen LogP contribution is 2.18. The predicted octanol–water partition coefficient (Wildman–Crippen LogP) is 1.84. The van der Waals surface area contributed by atoms with E-state index in [4.69, 9.17) is 5.73 Å². The maximum atomic E-state index is 12.4. The maximum Gasteiger partial charge on any atom is 0.149 e. The van der Waals surface area contributed by atoms with Gasteiger partial charge in [0.15, 0.2) is 0 Å². The van der Waals surface area contributed by atoms with Crippen LogP contribution in [0, 0.1) is 11.6 Å². The van der Waals surface area contributed by atoms with Crippen molar-refractivity contribution in [2.45, 2.75) is 4.90 Å². The molecule has 0 bridgehead atoms. The molecule has 0 unspecified atom stereocenters. The van der Waals surface area contributed by atoms with Crippen LogP contribution < -0.4 is 5.73 Å². The van der Waals surface area contributed by atoms with Gasteiger partial charge in [-0.25, -0.2) is 8.78 Å². The smallest absolute Gasteiger partial charge is 0.149 e. The van der Waals surface area contributed by atoms with Gasteiger partial charge in [0.2, 0.25) is 0 Å². The molecular weight excluding hydrogens is 156 g/mol. The van der Waals surface area contributed by atoms with E-state index in [-0.39, 0.29) is 10.6 Å². The standard InChI is InChI=1S/C6H5F2NS/c7-3-1-4(8)6(10)2-5(3)9/h1-2,10H,9H2. The molecule has 1 rings (SSSR count). The van der Waals surface area contributed by atoms with E-state index in [0.717, 1.165) is 6.07 Å². The molecule has 0 radical (unpaired) electrons. The maximum absolute atomic E-state index is 12.4. The fraction of sp³-hybridized carbons (Fsp3) is 0. The van der Waals surface area contributed by atoms with Crippen LogP contribution in [0.4, 0.5) is 14.5 Å². The highest BCUT2D eigenvalue weighted by atomic mass is 32.1. The van der Waals surface area contributed by atoms with Crippen molar-refractivity contribution < 1.29 is 8.78 Å². The van der Waals surface area contributed by atoms with Crippen molar-refractivity contribution in [2.24, 2.45) is 0 Å². The Balaban J connectivity index is 3.28. The molecule has 1 aromatic rings. The van der Waals surface area contributed by atoms with Gasteiger partial charge in [-0.2, -0.15) is 0 Å². The summed E-state index contributed by atoms with van der Waals surface area (Å²) in [6.07, 6.45) is 0. The topological polar surface area (TPSA) is 26.0 Å². The van der Waals surface area contributed by atoms with Gasteiger partial charge in [-0.1, -0.05) is 0 Å². The van der Waals surface area contributed by atoms with E-state index in [9.17, 15) is 8.78 Å². The normalized spacial score (nSPS) is 9.90. The first-order valence-electron chi connectivity index (χ1n) is 2.54. The number of nitrogen functional groups attached to an aromatic ring is 1. The molecule has 0 saturated heterocycles. The number of thiol groups is 1. The summed E-state index contributed by atoms with van der Waals surface area (Å²) in [5.74, 6) is -1.45. The van der Waals surface area contributed by atoms with Crippen LogP contribution in [-0.2, 0) is 0 Å². The minimum atomic E-state index is -0.754. The first kappa shape index (κ1) is 7.34. The Bertz CT molecular complexity index is 212. The van der Waals surface area contributed by atoms with E-state index in [2.05, 4.69) is 12.6 Å². The average Bonchev–Trinajstić information content (AvgIpc) is 1.84. The second kappa shape index (κ2) is 2.46. The van der Waals surface area contributed by atoms with Crippen LogP contribution in [0.5, 0.6) is 0 Å². The predicted molar refractivity (Wildman–Crippen MR) is 38.0 cm³/mol. The summed E-state index contributed by atoms with van der Waals surface area (Å²) >= 11 is 3.69. The third kappa shape index (κ3) is 1.21. The molecule has 0 saturated carbocycles. The van der Waals surface area contributed by atoms with Crippen molar-refractivity contribution in [3.05, 3.63) is 23.8 Å². The molecule has 0 aromatic heterocycles. The van der Waals surface area contributed by atoms with Crippen LogP contribution in [0.1, 0.15) is 0 Å². The van der Waals surface area contributed by atoms with Crippen molar-refractivity contribution in [1.29, 1.82) is 0 Å². The average molecular weight is 161 g/mol. The van der Waals surface area contributed by atoms with Crippen LogP contribution in [0.15, 0.2) is 17.0 Å². The Morgan fingerprint density at radius 1 is 1.20 bits per heavy atom. The molecule has 0 heterocycles. The fourth-order valence-corrected chi connectivity index (χ4v) is 0.757. The fourth-order valence-electron chi connectivity index (χ4n) is 0.554. The first-order valence-corrected chi connectivity index (χ1v) is 2.99. The minimum Gasteiger partial charge on any atom is -0.396 e. The summed E-state index contributed by atoms with van der Waals surface area (Å²) < 4.78 is 24.7. The summed E-state index contributed by atoms with van der Waals surface area (Å²) in [5, 5.41) is 0. The van der Waals surface area contributed by atoms with Gasteiger partial charge in [-0.05, 0) is 6.07 Å². The molecule has 0 aliphatic rings. The SMILES string of the molecule is Nc1cc(S)c(F)cc1F. The molecule has 0 aliphatic carbocycles. The van der Waals surface area contributed by atoms with Crippen LogP contribution in [0.25, 0.3) is 0 Å². The van der Waals surface area contributed by atoms with E-state index in [1.54, 1.807) is 0 Å². The number of nitrogens with two attached hydrogens (primary N) is 1. The summed E-state index contributed by atoms with van der Waals surface area (Å²) in [7, 11) is 0. The first-order chi connectivity index (χ1) is 4.61. The van der Waals surface area contributed by atoms with Gasteiger partial charge >= 0.3 is 0 Å². The van der Waals surface area contributed by atoms with Gasteiger partial charge in [0.1, 0.15) is 11.6 Å². The van der Waals surface area contributed by atoms with Crippen LogP contribution in [-0.4, -0.2) is 0 Å². The van der Waals surface area contributed by atoms with Gasteiger partial charge in [-0.15, -0.1) is 12.6 Å². The lowest BCUT2D eigenvalue weighted by Crippen LogP contribution is -1.91. The Morgan fingerprint density at radius 3 is 2.30 bits per heavy atom. The molecular formula is C6H5F2NS. The second-order valence-electron chi connectivity index (χ2n) is 1.83. The zero-order valence-corrected chi connectivity index (χ0v) is 5.83. The third-order valence-electron chi connectivity index (χ3n) is 1.07. The van der Waals surface area contributed by atoms with Crippen molar-refractivity contribution >= 4 is 18.3 Å². The number of hydrogen-bond donors (Lipinski definition) is 2. The highest BCUT2D eigenvalue weighted by Gasteiger charge is 2.03. The molecule has 1 nitrogen and oxygen atoms in total. The number of hydrogen-bond acceptors (Lipinski definition) is 2. The molecule has 0 spiro atoms. The zero-order valence-electron chi connectivity index (χ0n) is 4.94. The molecule has 2 N–H and O–H groups in total. The van der Waals surface area contributed by atoms with Gasteiger partial charge in [0, 0.05) is 11.0 Å². The molecule has 54 valence electrons. The Morgan fingerprint density at radius 2 is 1.80 bits per heavy atom. The molecule has 0 atom stereocenters. The monoisotopic (exact) mass is 161 g/mol. The molecule has 1 aromatic carbocycles. The van der Waals surface area contributed by atoms with Gasteiger partial charge in [0.25, 0.3) is 0 Å². The van der Waals surface area contributed by atoms with E-state index in [0.29, 0.717) is 6.07 Å². The van der Waals surface area contributed by atoms with Crippen molar-refractivity contribution in [2.75, 3.05) is 5.73 Å². The van der Waals surface area contributed by atoms with Crippen LogP contribution in [0.3, 0.4) is 0 Å². The van der Waals surface area contributed by atoms with Crippen molar-refractivity contribution in [1.82, 2.24) is 0 Å². The van der Waals surface area contributed by atoms with E-state index in [1.165, 1.54) is 0 Å². The molecule has 0 aliphatic heterocycles. The quantitative estimate of drug-likeness (QED) is 0.440. The molecule has 4 heteroatoms. The Kier molecular flexibility index (Phi) is 1.80. The van der Waals surface area contributed by atoms with E-state index < -0.39 is 11.6 Å². The number of halogens is 2. The van der Waals surface area contributed by atoms with Crippen molar-refractivity contribution in [3.8, 4) is 0 Å². The summed E-state index contributed by atoms with van der Waals surface area (Å²) in [5.41, 5.74) is 5.01. The summed E-state index contributed by atoms with van der Waals surface area (Å²) in [6, 6.07) is 1.84. The van der Waals surface area contributed by atoms with Crippen LogP contribution in [0.2, 0.25) is 0 Å². The number of rotatable bonds is 0. The Labute approximate surface area is 62.3 Å². The number of benzene rings is 1. The number of anilines is 1. The second-order valence-corrected chi connectivity index (χ2v) is 2.31. The summed E-state index contributed by atoms with van der Waals surface area (Å²) in [6.45, 7) is 0.